The number of amides is 2. The number of carbonyl (C=O) groups is 2. The molecule has 0 aliphatic heterocycles. The van der Waals surface area contributed by atoms with Crippen molar-refractivity contribution in [3.8, 4) is 5.75 Å². The molecule has 2 aromatic rings. The summed E-state index contributed by atoms with van der Waals surface area (Å²) in [7, 11) is -2.27. The SMILES string of the molecule is COc1cccc(CN(C(=O)CN(c2cccc(Cl)c2)S(C)(=O)=O)[C@@H](C)C(=O)NCC(C)C)c1. The maximum Gasteiger partial charge on any atom is 0.244 e. The lowest BCUT2D eigenvalue weighted by atomic mass is 10.1. The van der Waals surface area contributed by atoms with Gasteiger partial charge in [-0.05, 0) is 48.7 Å². The Kier molecular flexibility index (Phi) is 9.76. The molecule has 0 bridgehead atoms. The minimum atomic E-state index is -3.81. The van der Waals surface area contributed by atoms with Gasteiger partial charge in [0.2, 0.25) is 21.8 Å². The molecule has 0 aliphatic rings. The van der Waals surface area contributed by atoms with Crippen LogP contribution in [0.3, 0.4) is 0 Å². The van der Waals surface area contributed by atoms with Gasteiger partial charge in [-0.25, -0.2) is 8.42 Å². The average Bonchev–Trinajstić information content (AvgIpc) is 2.78. The Balaban J connectivity index is 2.38. The van der Waals surface area contributed by atoms with Crippen molar-refractivity contribution in [3.63, 3.8) is 0 Å². The molecule has 186 valence electrons. The third-order valence-electron chi connectivity index (χ3n) is 5.11. The Morgan fingerprint density at radius 2 is 1.76 bits per heavy atom. The predicted molar refractivity (Wildman–Crippen MR) is 134 cm³/mol. The van der Waals surface area contributed by atoms with Gasteiger partial charge in [-0.15, -0.1) is 0 Å². The van der Waals surface area contributed by atoms with Crippen molar-refractivity contribution in [1.82, 2.24) is 10.2 Å². The fraction of sp³-hybridized carbons (Fsp3) is 0.417. The molecule has 2 amide bonds. The summed E-state index contributed by atoms with van der Waals surface area (Å²) in [4.78, 5) is 27.7. The summed E-state index contributed by atoms with van der Waals surface area (Å²) in [5, 5.41) is 3.18. The van der Waals surface area contributed by atoms with Crippen LogP contribution < -0.4 is 14.4 Å². The van der Waals surface area contributed by atoms with Gasteiger partial charge in [0.25, 0.3) is 0 Å². The van der Waals surface area contributed by atoms with E-state index in [2.05, 4.69) is 5.32 Å². The zero-order chi connectivity index (χ0) is 25.5. The van der Waals surface area contributed by atoms with Gasteiger partial charge in [-0.2, -0.15) is 0 Å². The average molecular weight is 510 g/mol. The number of carbonyl (C=O) groups excluding carboxylic acids is 2. The van der Waals surface area contributed by atoms with Crippen LogP contribution >= 0.6 is 11.6 Å². The molecule has 0 saturated heterocycles. The standard InChI is InChI=1S/C24H32ClN3O5S/c1-17(2)14-26-24(30)18(3)27(15-19-8-6-11-22(12-19)33-4)23(29)16-28(34(5,31)32)21-10-7-9-20(25)13-21/h6-13,17-18H,14-16H2,1-5H3,(H,26,30)/t18-/m0/s1. The molecule has 0 aromatic heterocycles. The number of nitrogens with one attached hydrogen (secondary N) is 1. The molecule has 0 aliphatic carbocycles. The molecule has 0 unspecified atom stereocenters. The molecule has 1 atom stereocenters. The topological polar surface area (TPSA) is 96.0 Å². The van der Waals surface area contributed by atoms with Gasteiger partial charge in [0.1, 0.15) is 18.3 Å². The number of nitrogens with zero attached hydrogens (tertiary/aromatic N) is 2. The molecule has 1 N–H and O–H groups in total. The van der Waals surface area contributed by atoms with E-state index in [0.29, 0.717) is 17.3 Å². The van der Waals surface area contributed by atoms with E-state index in [1.165, 1.54) is 11.0 Å². The summed E-state index contributed by atoms with van der Waals surface area (Å²) in [5.74, 6) is -0.000216. The van der Waals surface area contributed by atoms with Crippen molar-refractivity contribution in [1.29, 1.82) is 0 Å². The monoisotopic (exact) mass is 509 g/mol. The second-order valence-corrected chi connectivity index (χ2v) is 10.8. The van der Waals surface area contributed by atoms with E-state index in [1.807, 2.05) is 19.9 Å². The van der Waals surface area contributed by atoms with E-state index in [0.717, 1.165) is 16.1 Å². The molecular weight excluding hydrogens is 478 g/mol. The molecule has 0 saturated carbocycles. The number of hydrogen-bond donors (Lipinski definition) is 1. The van der Waals surface area contributed by atoms with Gasteiger partial charge in [-0.1, -0.05) is 43.6 Å². The van der Waals surface area contributed by atoms with Gasteiger partial charge in [0, 0.05) is 18.1 Å². The zero-order valence-corrected chi connectivity index (χ0v) is 21.7. The van der Waals surface area contributed by atoms with Crippen LogP contribution in [-0.2, 0) is 26.2 Å². The number of sulfonamides is 1. The molecule has 0 radical (unpaired) electrons. The number of anilines is 1. The fourth-order valence-corrected chi connectivity index (χ4v) is 4.27. The largest absolute Gasteiger partial charge is 0.497 e. The van der Waals surface area contributed by atoms with Crippen molar-refractivity contribution in [3.05, 3.63) is 59.1 Å². The number of methoxy groups -OCH3 is 1. The number of hydrogen-bond acceptors (Lipinski definition) is 5. The Bertz CT molecular complexity index is 1110. The van der Waals surface area contributed by atoms with Gasteiger partial charge < -0.3 is 15.0 Å². The Labute approximate surface area is 206 Å². The minimum absolute atomic E-state index is 0.0967. The molecule has 0 spiro atoms. The van der Waals surface area contributed by atoms with E-state index in [-0.39, 0.29) is 24.1 Å². The molecule has 0 fully saturated rings. The maximum absolute atomic E-state index is 13.5. The maximum atomic E-state index is 13.5. The van der Waals surface area contributed by atoms with Crippen molar-refractivity contribution in [2.75, 3.05) is 30.8 Å². The first-order valence-electron chi connectivity index (χ1n) is 10.9. The highest BCUT2D eigenvalue weighted by molar-refractivity contribution is 7.92. The highest BCUT2D eigenvalue weighted by Crippen LogP contribution is 2.23. The summed E-state index contributed by atoms with van der Waals surface area (Å²) in [6.45, 7) is 5.64. The van der Waals surface area contributed by atoms with E-state index >= 15 is 0 Å². The van der Waals surface area contributed by atoms with Crippen LogP contribution in [0.5, 0.6) is 5.75 Å². The van der Waals surface area contributed by atoms with Crippen LogP contribution in [-0.4, -0.2) is 57.6 Å². The first-order valence-corrected chi connectivity index (χ1v) is 13.1. The summed E-state index contributed by atoms with van der Waals surface area (Å²) in [6.07, 6.45) is 1.02. The third-order valence-corrected chi connectivity index (χ3v) is 6.49. The molecule has 34 heavy (non-hydrogen) atoms. The minimum Gasteiger partial charge on any atom is -0.497 e. The second kappa shape index (κ2) is 12.1. The summed E-state index contributed by atoms with van der Waals surface area (Å²) in [5.41, 5.74) is 1.01. The summed E-state index contributed by atoms with van der Waals surface area (Å²) < 4.78 is 31.3. The first kappa shape index (κ1) is 27.5. The molecule has 8 nitrogen and oxygen atoms in total. The number of halogens is 1. The molecule has 2 aromatic carbocycles. The summed E-state index contributed by atoms with van der Waals surface area (Å²) in [6, 6.07) is 12.6. The van der Waals surface area contributed by atoms with Crippen molar-refractivity contribution >= 4 is 39.1 Å². The highest BCUT2D eigenvalue weighted by atomic mass is 35.5. The first-order chi connectivity index (χ1) is 15.9. The lowest BCUT2D eigenvalue weighted by molar-refractivity contribution is -0.139. The van der Waals surface area contributed by atoms with Crippen molar-refractivity contribution in [2.45, 2.75) is 33.4 Å². The van der Waals surface area contributed by atoms with Crippen LogP contribution in [0.1, 0.15) is 26.3 Å². The van der Waals surface area contributed by atoms with Gasteiger partial charge in [-0.3, -0.25) is 13.9 Å². The lowest BCUT2D eigenvalue weighted by Gasteiger charge is -2.31. The van der Waals surface area contributed by atoms with Crippen molar-refractivity contribution < 1.29 is 22.7 Å². The third kappa shape index (κ3) is 7.92. The predicted octanol–water partition coefficient (Wildman–Crippen LogP) is 3.30. The Hall–Kier alpha value is -2.78. The van der Waals surface area contributed by atoms with Gasteiger partial charge in [0.05, 0.1) is 19.1 Å². The molecular formula is C24H32ClN3O5S. The number of ether oxygens (including phenoxy) is 1. The lowest BCUT2D eigenvalue weighted by Crippen LogP contribution is -2.51. The molecule has 0 heterocycles. The van der Waals surface area contributed by atoms with Crippen LogP contribution in [0.2, 0.25) is 5.02 Å². The summed E-state index contributed by atoms with van der Waals surface area (Å²) >= 11 is 6.04. The number of rotatable bonds is 11. The fourth-order valence-electron chi connectivity index (χ4n) is 3.25. The van der Waals surface area contributed by atoms with Crippen molar-refractivity contribution in [2.24, 2.45) is 5.92 Å². The quantitative estimate of drug-likeness (QED) is 0.501. The molecule has 2 rings (SSSR count). The Morgan fingerprint density at radius 1 is 1.09 bits per heavy atom. The zero-order valence-electron chi connectivity index (χ0n) is 20.1. The van der Waals surface area contributed by atoms with E-state index in [1.54, 1.807) is 50.4 Å². The molecule has 10 heteroatoms. The number of benzene rings is 2. The van der Waals surface area contributed by atoms with Gasteiger partial charge >= 0.3 is 0 Å². The Morgan fingerprint density at radius 3 is 2.35 bits per heavy atom. The smallest absolute Gasteiger partial charge is 0.244 e. The van der Waals surface area contributed by atoms with Crippen LogP contribution in [0.15, 0.2) is 48.5 Å². The van der Waals surface area contributed by atoms with Crippen LogP contribution in [0.25, 0.3) is 0 Å². The van der Waals surface area contributed by atoms with Crippen LogP contribution in [0.4, 0.5) is 5.69 Å². The second-order valence-electron chi connectivity index (χ2n) is 8.44. The highest BCUT2D eigenvalue weighted by Gasteiger charge is 2.30. The van der Waals surface area contributed by atoms with E-state index < -0.39 is 28.5 Å². The van der Waals surface area contributed by atoms with Gasteiger partial charge in [0.15, 0.2) is 0 Å². The normalized spacial score (nSPS) is 12.2. The van der Waals surface area contributed by atoms with Crippen LogP contribution in [0, 0.1) is 5.92 Å². The van der Waals surface area contributed by atoms with E-state index in [9.17, 15) is 18.0 Å². The van der Waals surface area contributed by atoms with E-state index in [4.69, 9.17) is 16.3 Å².